The number of amides is 1. The minimum atomic E-state index is -0.0481. The fourth-order valence-electron chi connectivity index (χ4n) is 7.25. The topological polar surface area (TPSA) is 41.1 Å². The van der Waals surface area contributed by atoms with Gasteiger partial charge in [-0.3, -0.25) is 4.79 Å². The van der Waals surface area contributed by atoms with Crippen LogP contribution in [0.25, 0.3) is 0 Å². The third-order valence-corrected chi connectivity index (χ3v) is 7.21. The summed E-state index contributed by atoms with van der Waals surface area (Å²) in [5.74, 6) is 1.74. The smallest absolute Gasteiger partial charge is 0.226 e. The highest BCUT2D eigenvalue weighted by Gasteiger charge is 2.62. The summed E-state index contributed by atoms with van der Waals surface area (Å²) < 4.78 is 0. The molecule has 0 aromatic rings. The molecular formula is C19H32N2O. The Labute approximate surface area is 135 Å². The molecule has 1 aliphatic heterocycles. The average Bonchev–Trinajstić information content (AvgIpc) is 2.37. The van der Waals surface area contributed by atoms with E-state index in [-0.39, 0.29) is 5.41 Å². The van der Waals surface area contributed by atoms with Gasteiger partial charge in [-0.15, -0.1) is 0 Å². The van der Waals surface area contributed by atoms with E-state index in [2.05, 4.69) is 31.4 Å². The molecule has 0 radical (unpaired) electrons. The van der Waals surface area contributed by atoms with Gasteiger partial charge in [0, 0.05) is 6.04 Å². The number of hydrogen-bond acceptors (Lipinski definition) is 2. The van der Waals surface area contributed by atoms with Crippen molar-refractivity contribution in [2.24, 2.45) is 28.1 Å². The van der Waals surface area contributed by atoms with Crippen LogP contribution in [0.4, 0.5) is 0 Å². The highest BCUT2D eigenvalue weighted by atomic mass is 16.2. The van der Waals surface area contributed by atoms with Gasteiger partial charge in [0.2, 0.25) is 5.91 Å². The third-order valence-electron chi connectivity index (χ3n) is 7.21. The van der Waals surface area contributed by atoms with Crippen LogP contribution < -0.4 is 10.6 Å². The van der Waals surface area contributed by atoms with Gasteiger partial charge >= 0.3 is 0 Å². The van der Waals surface area contributed by atoms with Crippen molar-refractivity contribution in [3.05, 3.63) is 0 Å². The maximum atomic E-state index is 13.3. The van der Waals surface area contributed by atoms with Crippen molar-refractivity contribution in [3.63, 3.8) is 0 Å². The monoisotopic (exact) mass is 304 g/mol. The quantitative estimate of drug-likeness (QED) is 0.823. The summed E-state index contributed by atoms with van der Waals surface area (Å²) in [5.41, 5.74) is 0.796. The van der Waals surface area contributed by atoms with E-state index in [1.807, 2.05) is 0 Å². The van der Waals surface area contributed by atoms with Crippen molar-refractivity contribution in [2.75, 3.05) is 13.1 Å². The van der Waals surface area contributed by atoms with Gasteiger partial charge in [-0.2, -0.15) is 0 Å². The second-order valence-electron chi connectivity index (χ2n) is 9.96. The first kappa shape index (κ1) is 15.0. The standard InChI is InChI=1S/C19H32N2O/c1-13-9-20-5-4-15(13)21-16(22)19-8-14-6-17(2,11-19)10-18(3,7-14)12-19/h13-15,20H,4-12H2,1-3H3,(H,21,22). The molecule has 5 fully saturated rings. The molecule has 4 saturated carbocycles. The van der Waals surface area contributed by atoms with Crippen molar-refractivity contribution in [2.45, 2.75) is 71.8 Å². The van der Waals surface area contributed by atoms with Crippen LogP contribution in [0.1, 0.15) is 65.7 Å². The zero-order chi connectivity index (χ0) is 15.6. The molecule has 3 heteroatoms. The first-order valence-corrected chi connectivity index (χ1v) is 9.33. The number of carbonyl (C=O) groups excluding carboxylic acids is 1. The van der Waals surface area contributed by atoms with Crippen LogP contribution in [0.5, 0.6) is 0 Å². The van der Waals surface area contributed by atoms with Crippen molar-refractivity contribution >= 4 is 5.91 Å². The van der Waals surface area contributed by atoms with E-state index in [1.165, 1.54) is 19.3 Å². The van der Waals surface area contributed by atoms with Crippen molar-refractivity contribution < 1.29 is 4.79 Å². The molecule has 0 aromatic carbocycles. The lowest BCUT2D eigenvalue weighted by atomic mass is 9.40. The van der Waals surface area contributed by atoms with Crippen LogP contribution in [-0.2, 0) is 4.79 Å². The number of rotatable bonds is 2. The third kappa shape index (κ3) is 2.31. The summed E-state index contributed by atoms with van der Waals surface area (Å²) in [4.78, 5) is 13.3. The largest absolute Gasteiger partial charge is 0.353 e. The number of carbonyl (C=O) groups is 1. The number of hydrogen-bond donors (Lipinski definition) is 2. The summed E-state index contributed by atoms with van der Waals surface area (Å²) in [6.07, 6.45) is 8.58. The second kappa shape index (κ2) is 4.72. The molecule has 5 rings (SSSR count). The Kier molecular flexibility index (Phi) is 3.21. The first-order valence-electron chi connectivity index (χ1n) is 9.33. The van der Waals surface area contributed by atoms with E-state index in [9.17, 15) is 4.79 Å². The fraction of sp³-hybridized carbons (Fsp3) is 0.947. The zero-order valence-electron chi connectivity index (χ0n) is 14.5. The van der Waals surface area contributed by atoms with Crippen LogP contribution >= 0.6 is 0 Å². The van der Waals surface area contributed by atoms with Gasteiger partial charge in [-0.25, -0.2) is 0 Å². The predicted molar refractivity (Wildman–Crippen MR) is 88.4 cm³/mol. The highest BCUT2D eigenvalue weighted by Crippen LogP contribution is 2.69. The van der Waals surface area contributed by atoms with Gasteiger partial charge in [-0.1, -0.05) is 20.8 Å². The van der Waals surface area contributed by atoms with E-state index in [4.69, 9.17) is 0 Å². The molecule has 5 aliphatic rings. The first-order chi connectivity index (χ1) is 10.3. The van der Waals surface area contributed by atoms with Crippen molar-refractivity contribution in [1.29, 1.82) is 0 Å². The molecule has 0 spiro atoms. The van der Waals surface area contributed by atoms with Gasteiger partial charge in [0.15, 0.2) is 0 Å². The lowest BCUT2D eigenvalue weighted by Crippen LogP contribution is -2.61. The minimum Gasteiger partial charge on any atom is -0.353 e. The molecule has 4 aliphatic carbocycles. The van der Waals surface area contributed by atoms with E-state index in [0.29, 0.717) is 28.7 Å². The van der Waals surface area contributed by atoms with E-state index >= 15 is 0 Å². The molecular weight excluding hydrogens is 272 g/mol. The van der Waals surface area contributed by atoms with E-state index in [0.717, 1.165) is 44.7 Å². The lowest BCUT2D eigenvalue weighted by molar-refractivity contribution is -0.171. The fourth-order valence-corrected chi connectivity index (χ4v) is 7.25. The Bertz CT molecular complexity index is 470. The molecule has 2 N–H and O–H groups in total. The molecule has 3 nitrogen and oxygen atoms in total. The lowest BCUT2D eigenvalue weighted by Gasteiger charge is -2.64. The van der Waals surface area contributed by atoms with Crippen LogP contribution in [0.15, 0.2) is 0 Å². The van der Waals surface area contributed by atoms with Gasteiger partial charge in [-0.05, 0) is 80.7 Å². The molecule has 4 bridgehead atoms. The Hall–Kier alpha value is -0.570. The minimum absolute atomic E-state index is 0.0481. The Morgan fingerprint density at radius 3 is 2.36 bits per heavy atom. The summed E-state index contributed by atoms with van der Waals surface area (Å²) in [6, 6.07) is 0.377. The average molecular weight is 304 g/mol. The second-order valence-corrected chi connectivity index (χ2v) is 9.96. The molecule has 1 amide bonds. The summed E-state index contributed by atoms with van der Waals surface area (Å²) >= 11 is 0. The van der Waals surface area contributed by atoms with Gasteiger partial charge < -0.3 is 10.6 Å². The van der Waals surface area contributed by atoms with Crippen LogP contribution in [0, 0.1) is 28.1 Å². The number of piperidine rings is 1. The molecule has 0 aromatic heterocycles. The van der Waals surface area contributed by atoms with Gasteiger partial charge in [0.25, 0.3) is 0 Å². The molecule has 124 valence electrons. The summed E-state index contributed by atoms with van der Waals surface area (Å²) in [7, 11) is 0. The van der Waals surface area contributed by atoms with Gasteiger partial charge in [0.05, 0.1) is 5.41 Å². The van der Waals surface area contributed by atoms with Crippen molar-refractivity contribution in [3.8, 4) is 0 Å². The van der Waals surface area contributed by atoms with Crippen molar-refractivity contribution in [1.82, 2.24) is 10.6 Å². The van der Waals surface area contributed by atoms with Crippen LogP contribution in [0.3, 0.4) is 0 Å². The Balaban J connectivity index is 1.55. The maximum Gasteiger partial charge on any atom is 0.226 e. The molecule has 22 heavy (non-hydrogen) atoms. The van der Waals surface area contributed by atoms with Crippen LogP contribution in [0.2, 0.25) is 0 Å². The van der Waals surface area contributed by atoms with Crippen LogP contribution in [-0.4, -0.2) is 25.0 Å². The molecule has 4 unspecified atom stereocenters. The van der Waals surface area contributed by atoms with E-state index < -0.39 is 0 Å². The number of nitrogens with one attached hydrogen (secondary N) is 2. The molecule has 1 saturated heterocycles. The van der Waals surface area contributed by atoms with E-state index in [1.54, 1.807) is 0 Å². The Morgan fingerprint density at radius 2 is 1.77 bits per heavy atom. The zero-order valence-corrected chi connectivity index (χ0v) is 14.5. The highest BCUT2D eigenvalue weighted by molar-refractivity contribution is 5.83. The summed E-state index contributed by atoms with van der Waals surface area (Å²) in [6.45, 7) is 9.24. The molecule has 4 atom stereocenters. The Morgan fingerprint density at radius 1 is 1.09 bits per heavy atom. The predicted octanol–water partition coefficient (Wildman–Crippen LogP) is 3.10. The molecule has 1 heterocycles. The maximum absolute atomic E-state index is 13.3. The summed E-state index contributed by atoms with van der Waals surface area (Å²) in [5, 5.41) is 6.92. The normalized spacial score (nSPS) is 53.5. The SMILES string of the molecule is CC1CNCCC1NC(=O)C12CC3CC(C)(CC(C)(C3)C1)C2. The van der Waals surface area contributed by atoms with Gasteiger partial charge in [0.1, 0.15) is 0 Å².